The molecule has 0 aliphatic heterocycles. The molecule has 0 spiro atoms. The Labute approximate surface area is 153 Å². The first-order valence-electron chi connectivity index (χ1n) is 8.12. The van der Waals surface area contributed by atoms with E-state index in [1.165, 1.54) is 0 Å². The number of halogens is 1. The van der Waals surface area contributed by atoms with Gasteiger partial charge in [-0.05, 0) is 42.7 Å². The first-order valence-corrected chi connectivity index (χ1v) is 8.50. The predicted molar refractivity (Wildman–Crippen MR) is 98.4 cm³/mol. The van der Waals surface area contributed by atoms with E-state index < -0.39 is 5.92 Å². The lowest BCUT2D eigenvalue weighted by Crippen LogP contribution is -2.30. The quantitative estimate of drug-likeness (QED) is 0.809. The number of rotatable bonds is 7. The highest BCUT2D eigenvalue weighted by molar-refractivity contribution is 6.32. The van der Waals surface area contributed by atoms with Crippen molar-refractivity contribution in [3.63, 3.8) is 0 Å². The summed E-state index contributed by atoms with van der Waals surface area (Å²) in [7, 11) is 0. The summed E-state index contributed by atoms with van der Waals surface area (Å²) in [5, 5.41) is 12.7. The summed E-state index contributed by atoms with van der Waals surface area (Å²) in [6, 6.07) is 15.3. The third-order valence-electron chi connectivity index (χ3n) is 3.87. The molecular weight excluding hydrogens is 336 g/mol. The summed E-state index contributed by atoms with van der Waals surface area (Å²) in [4.78, 5) is 12.1. The number of nitrogens with one attached hydrogen (secondary N) is 1. The van der Waals surface area contributed by atoms with Gasteiger partial charge in [0, 0.05) is 18.0 Å². The van der Waals surface area contributed by atoms with E-state index in [1.54, 1.807) is 0 Å². The van der Waals surface area contributed by atoms with Crippen LogP contribution in [0, 0.1) is 31.1 Å². The van der Waals surface area contributed by atoms with Crippen molar-refractivity contribution < 1.29 is 9.53 Å². The molecule has 5 heteroatoms. The van der Waals surface area contributed by atoms with Crippen molar-refractivity contribution in [2.75, 3.05) is 6.61 Å². The lowest BCUT2D eigenvalue weighted by atomic mass is 10.1. The smallest absolute Gasteiger partial charge is 0.237 e. The molecule has 1 unspecified atom stereocenters. The second kappa shape index (κ2) is 9.10. The summed E-state index contributed by atoms with van der Waals surface area (Å²) < 4.78 is 5.68. The number of nitrogens with zero attached hydrogens (tertiary/aromatic N) is 1. The van der Waals surface area contributed by atoms with E-state index in [0.717, 1.165) is 21.7 Å². The van der Waals surface area contributed by atoms with Crippen molar-refractivity contribution in [2.24, 2.45) is 5.92 Å². The first kappa shape index (κ1) is 18.8. The predicted octanol–water partition coefficient (Wildman–Crippen LogP) is 4.18. The standard InChI is InChI=1S/C20H21ClN2O2/c1-14-10-18(11-15(2)19(14)21)25-9-8-17(12-22)20(24)23-13-16-6-4-3-5-7-16/h3-7,10-11,17H,8-9,13H2,1-2H3,(H,23,24). The highest BCUT2D eigenvalue weighted by Gasteiger charge is 2.17. The van der Waals surface area contributed by atoms with E-state index in [0.29, 0.717) is 18.7 Å². The van der Waals surface area contributed by atoms with Crippen LogP contribution in [0.2, 0.25) is 5.02 Å². The molecule has 0 saturated carbocycles. The zero-order valence-corrected chi connectivity index (χ0v) is 15.1. The second-order valence-electron chi connectivity index (χ2n) is 5.89. The van der Waals surface area contributed by atoms with Gasteiger partial charge in [0.25, 0.3) is 0 Å². The Kier molecular flexibility index (Phi) is 6.85. The number of ether oxygens (including phenoxy) is 1. The molecule has 0 saturated heterocycles. The fourth-order valence-corrected chi connectivity index (χ4v) is 2.56. The van der Waals surface area contributed by atoms with Crippen molar-refractivity contribution in [2.45, 2.75) is 26.8 Å². The maximum Gasteiger partial charge on any atom is 0.237 e. The van der Waals surface area contributed by atoms with Gasteiger partial charge in [-0.15, -0.1) is 0 Å². The van der Waals surface area contributed by atoms with E-state index in [2.05, 4.69) is 5.32 Å². The second-order valence-corrected chi connectivity index (χ2v) is 6.27. The fourth-order valence-electron chi connectivity index (χ4n) is 2.45. The van der Waals surface area contributed by atoms with Crippen molar-refractivity contribution in [3.05, 3.63) is 64.2 Å². The minimum Gasteiger partial charge on any atom is -0.494 e. The summed E-state index contributed by atoms with van der Waals surface area (Å²) in [6.07, 6.45) is 0.331. The van der Waals surface area contributed by atoms with Crippen molar-refractivity contribution in [1.29, 1.82) is 5.26 Å². The van der Waals surface area contributed by atoms with Crippen molar-refractivity contribution in [1.82, 2.24) is 5.32 Å². The highest BCUT2D eigenvalue weighted by atomic mass is 35.5. The normalized spacial score (nSPS) is 11.4. The molecule has 25 heavy (non-hydrogen) atoms. The Morgan fingerprint density at radius 3 is 2.48 bits per heavy atom. The minimum absolute atomic E-state index is 0.279. The molecule has 2 aromatic carbocycles. The van der Waals surface area contributed by atoms with Crippen LogP contribution in [0.1, 0.15) is 23.1 Å². The monoisotopic (exact) mass is 356 g/mol. The molecule has 1 amide bonds. The number of benzene rings is 2. The summed E-state index contributed by atoms with van der Waals surface area (Å²) >= 11 is 6.13. The third kappa shape index (κ3) is 5.51. The zero-order chi connectivity index (χ0) is 18.2. The van der Waals surface area contributed by atoms with Gasteiger partial charge in [-0.3, -0.25) is 4.79 Å². The van der Waals surface area contributed by atoms with Crippen LogP contribution in [-0.2, 0) is 11.3 Å². The molecule has 1 N–H and O–H groups in total. The van der Waals surface area contributed by atoms with E-state index in [1.807, 2.05) is 62.4 Å². The Morgan fingerprint density at radius 1 is 1.24 bits per heavy atom. The van der Waals surface area contributed by atoms with Gasteiger partial charge >= 0.3 is 0 Å². The van der Waals surface area contributed by atoms with Gasteiger partial charge < -0.3 is 10.1 Å². The summed E-state index contributed by atoms with van der Waals surface area (Å²) in [5.41, 5.74) is 2.87. The number of nitriles is 1. The Bertz CT molecular complexity index is 746. The van der Waals surface area contributed by atoms with Crippen LogP contribution in [0.3, 0.4) is 0 Å². The molecule has 2 aromatic rings. The van der Waals surface area contributed by atoms with E-state index in [-0.39, 0.29) is 12.5 Å². The molecule has 0 bridgehead atoms. The minimum atomic E-state index is -0.738. The van der Waals surface area contributed by atoms with Crippen LogP contribution < -0.4 is 10.1 Å². The Morgan fingerprint density at radius 2 is 1.88 bits per heavy atom. The number of hydrogen-bond acceptors (Lipinski definition) is 3. The van der Waals surface area contributed by atoms with Crippen LogP contribution >= 0.6 is 11.6 Å². The average Bonchev–Trinajstić information content (AvgIpc) is 2.62. The van der Waals surface area contributed by atoms with Crippen molar-refractivity contribution in [3.8, 4) is 11.8 Å². The largest absolute Gasteiger partial charge is 0.494 e. The molecule has 0 aliphatic carbocycles. The Balaban J connectivity index is 1.83. The van der Waals surface area contributed by atoms with Crippen LogP contribution in [0.5, 0.6) is 5.75 Å². The van der Waals surface area contributed by atoms with Gasteiger partial charge in [0.05, 0.1) is 12.7 Å². The van der Waals surface area contributed by atoms with Gasteiger partial charge in [0.2, 0.25) is 5.91 Å². The maximum atomic E-state index is 12.1. The number of amides is 1. The number of hydrogen-bond donors (Lipinski definition) is 1. The molecule has 0 radical (unpaired) electrons. The molecule has 0 fully saturated rings. The van der Waals surface area contributed by atoms with Crippen LogP contribution in [-0.4, -0.2) is 12.5 Å². The van der Waals surface area contributed by atoms with Crippen molar-refractivity contribution >= 4 is 17.5 Å². The average molecular weight is 357 g/mol. The van der Waals surface area contributed by atoms with E-state index in [9.17, 15) is 10.1 Å². The molecule has 0 aliphatic rings. The third-order valence-corrected chi connectivity index (χ3v) is 4.46. The molecule has 130 valence electrons. The van der Waals surface area contributed by atoms with E-state index in [4.69, 9.17) is 16.3 Å². The lowest BCUT2D eigenvalue weighted by Gasteiger charge is -2.13. The Hall–Kier alpha value is -2.51. The summed E-state index contributed by atoms with van der Waals surface area (Å²) in [5.74, 6) is -0.322. The van der Waals surface area contributed by atoms with Gasteiger partial charge in [-0.25, -0.2) is 0 Å². The summed E-state index contributed by atoms with van der Waals surface area (Å²) in [6.45, 7) is 4.53. The zero-order valence-electron chi connectivity index (χ0n) is 14.4. The van der Waals surface area contributed by atoms with Crippen LogP contribution in [0.25, 0.3) is 0 Å². The molecule has 0 heterocycles. The van der Waals surface area contributed by atoms with Gasteiger partial charge in [0.15, 0.2) is 0 Å². The maximum absolute atomic E-state index is 12.1. The van der Waals surface area contributed by atoms with Gasteiger partial charge in [0.1, 0.15) is 11.7 Å². The van der Waals surface area contributed by atoms with Crippen LogP contribution in [0.15, 0.2) is 42.5 Å². The number of carbonyl (C=O) groups excluding carboxylic acids is 1. The number of carbonyl (C=O) groups is 1. The number of aryl methyl sites for hydroxylation is 2. The first-order chi connectivity index (χ1) is 12.0. The lowest BCUT2D eigenvalue weighted by molar-refractivity contribution is -0.123. The van der Waals surface area contributed by atoms with Gasteiger partial charge in [-0.1, -0.05) is 41.9 Å². The highest BCUT2D eigenvalue weighted by Crippen LogP contribution is 2.26. The molecular formula is C20H21ClN2O2. The molecule has 2 rings (SSSR count). The molecule has 1 atom stereocenters. The molecule has 0 aromatic heterocycles. The topological polar surface area (TPSA) is 62.1 Å². The van der Waals surface area contributed by atoms with Gasteiger partial charge in [-0.2, -0.15) is 5.26 Å². The fraction of sp³-hybridized carbons (Fsp3) is 0.300. The van der Waals surface area contributed by atoms with E-state index >= 15 is 0 Å². The molecule has 4 nitrogen and oxygen atoms in total. The SMILES string of the molecule is Cc1cc(OCCC(C#N)C(=O)NCc2ccccc2)cc(C)c1Cl. The van der Waals surface area contributed by atoms with Crippen LogP contribution in [0.4, 0.5) is 0 Å².